The van der Waals surface area contributed by atoms with E-state index in [4.69, 9.17) is 23.7 Å². The predicted octanol–water partition coefficient (Wildman–Crippen LogP) is -0.369. The van der Waals surface area contributed by atoms with Gasteiger partial charge in [0.2, 0.25) is 29.5 Å². The van der Waals surface area contributed by atoms with Crippen LogP contribution in [0.5, 0.6) is 0 Å². The third-order valence-electron chi connectivity index (χ3n) is 9.86. The molecule has 5 amide bonds. The second-order valence-electron chi connectivity index (χ2n) is 15.9. The zero-order valence-electron chi connectivity index (χ0n) is 38.6. The molecular formula is C41H77N9O13. The molecule has 0 spiro atoms. The van der Waals surface area contributed by atoms with E-state index >= 15 is 0 Å². The van der Waals surface area contributed by atoms with E-state index in [0.717, 1.165) is 12.8 Å². The minimum Gasteiger partial charge on any atom is -0.411 e. The first-order valence-electron chi connectivity index (χ1n) is 21.5. The van der Waals surface area contributed by atoms with Gasteiger partial charge in [0, 0.05) is 33.1 Å². The Kier molecular flexibility index (Phi) is 33.6. The van der Waals surface area contributed by atoms with Crippen molar-refractivity contribution < 1.29 is 62.9 Å². The molecule has 0 bridgehead atoms. The lowest BCUT2D eigenvalue weighted by atomic mass is 9.94. The van der Waals surface area contributed by atoms with Gasteiger partial charge < -0.3 is 76.1 Å². The number of amides is 5. The molecule has 0 saturated heterocycles. The standard InChI is InChI=1S/C41H77N9O13/c1-31(49-57)40(4,5)46-16-12-34(13-17-47-41(6,7)32(2)50-58)11-15-44-37(54)28-63-30-39(56)48-35(26-51)10-8-9-14-43-36(53)27-62-29-38(55)45-19-21-60-23-25-61-24-22-59-20-18-42-33(3)52/h26,34-35,46-47,57-58H,8-25,27-30H2,1-7H3,(H,42,52)(H,43,53)(H,44,54)(H,45,55)(H,48,56)/b49-31-,50-32-/t35-/m0/s1. The van der Waals surface area contributed by atoms with E-state index in [-0.39, 0.29) is 50.7 Å². The fourth-order valence-electron chi connectivity index (χ4n) is 5.40. The quantitative estimate of drug-likeness (QED) is 0.0125. The number of oxime groups is 2. The molecule has 0 aromatic carbocycles. The molecule has 364 valence electrons. The Balaban J connectivity index is 4.18. The molecule has 0 rings (SSSR count). The van der Waals surface area contributed by atoms with Crippen molar-refractivity contribution in [1.82, 2.24) is 37.2 Å². The molecule has 63 heavy (non-hydrogen) atoms. The van der Waals surface area contributed by atoms with E-state index in [2.05, 4.69) is 47.5 Å². The van der Waals surface area contributed by atoms with Crippen LogP contribution in [0.15, 0.2) is 10.3 Å². The lowest BCUT2D eigenvalue weighted by Crippen LogP contribution is -2.47. The van der Waals surface area contributed by atoms with Crippen LogP contribution in [0, 0.1) is 5.92 Å². The van der Waals surface area contributed by atoms with Crippen LogP contribution < -0.4 is 37.2 Å². The normalized spacial score (nSPS) is 12.8. The van der Waals surface area contributed by atoms with Gasteiger partial charge in [0.25, 0.3) is 0 Å². The minimum absolute atomic E-state index is 0.107. The summed E-state index contributed by atoms with van der Waals surface area (Å²) < 4.78 is 26.5. The molecule has 0 saturated carbocycles. The van der Waals surface area contributed by atoms with Gasteiger partial charge in [-0.2, -0.15) is 0 Å². The molecular weight excluding hydrogens is 827 g/mol. The summed E-state index contributed by atoms with van der Waals surface area (Å²) in [7, 11) is 0. The number of nitrogens with one attached hydrogen (secondary N) is 7. The van der Waals surface area contributed by atoms with Gasteiger partial charge >= 0.3 is 0 Å². The van der Waals surface area contributed by atoms with Crippen molar-refractivity contribution in [1.29, 1.82) is 0 Å². The Hall–Kier alpha value is -4.32. The Morgan fingerprint density at radius 1 is 0.524 bits per heavy atom. The van der Waals surface area contributed by atoms with E-state index in [1.54, 1.807) is 13.8 Å². The number of aldehydes is 1. The van der Waals surface area contributed by atoms with Crippen LogP contribution in [-0.2, 0) is 52.5 Å². The lowest BCUT2D eigenvalue weighted by Gasteiger charge is -2.28. The lowest BCUT2D eigenvalue weighted by molar-refractivity contribution is -0.133. The number of nitrogens with zero attached hydrogens (tertiary/aromatic N) is 2. The average molecular weight is 904 g/mol. The third-order valence-corrected chi connectivity index (χ3v) is 9.86. The number of hydrogen-bond acceptors (Lipinski definition) is 17. The molecule has 0 aliphatic carbocycles. The largest absolute Gasteiger partial charge is 0.411 e. The van der Waals surface area contributed by atoms with E-state index in [1.807, 2.05) is 27.7 Å². The first-order valence-corrected chi connectivity index (χ1v) is 21.5. The van der Waals surface area contributed by atoms with Gasteiger partial charge in [0.15, 0.2) is 0 Å². The van der Waals surface area contributed by atoms with Crippen LogP contribution in [0.2, 0.25) is 0 Å². The summed E-state index contributed by atoms with van der Waals surface area (Å²) in [5, 5.41) is 45.1. The van der Waals surface area contributed by atoms with Crippen molar-refractivity contribution in [2.75, 3.05) is 105 Å². The molecule has 0 aliphatic rings. The number of carbonyl (C=O) groups excluding carboxylic acids is 6. The van der Waals surface area contributed by atoms with Gasteiger partial charge in [-0.1, -0.05) is 10.3 Å². The number of ether oxygens (including phenoxy) is 5. The smallest absolute Gasteiger partial charge is 0.246 e. The SMILES string of the molecule is CC(=O)NCCOCCOCCOCCNC(=O)COCC(=O)NCCCC[C@@H](C=O)NC(=O)COCC(=O)NCCC(CCNC(C)(C)/C(C)=N\O)CCNC(C)(C)/C(C)=N\O. The Labute approximate surface area is 372 Å². The molecule has 0 unspecified atom stereocenters. The maximum absolute atomic E-state index is 12.5. The first-order chi connectivity index (χ1) is 30.0. The van der Waals surface area contributed by atoms with Crippen LogP contribution >= 0.6 is 0 Å². The van der Waals surface area contributed by atoms with Crippen molar-refractivity contribution in [2.45, 2.75) is 104 Å². The first kappa shape index (κ1) is 58.7. The molecule has 1 atom stereocenters. The molecule has 0 fully saturated rings. The van der Waals surface area contributed by atoms with Crippen molar-refractivity contribution in [2.24, 2.45) is 16.2 Å². The third kappa shape index (κ3) is 32.9. The van der Waals surface area contributed by atoms with Crippen LogP contribution in [0.25, 0.3) is 0 Å². The van der Waals surface area contributed by atoms with Gasteiger partial charge in [-0.05, 0) is 99.1 Å². The molecule has 9 N–H and O–H groups in total. The van der Waals surface area contributed by atoms with Crippen LogP contribution in [0.3, 0.4) is 0 Å². The Bertz CT molecular complexity index is 1350. The van der Waals surface area contributed by atoms with Gasteiger partial charge in [-0.3, -0.25) is 24.0 Å². The Morgan fingerprint density at radius 2 is 0.937 bits per heavy atom. The molecule has 22 nitrogen and oxygen atoms in total. The number of carbonyl (C=O) groups is 6. The highest BCUT2D eigenvalue weighted by molar-refractivity contribution is 5.90. The van der Waals surface area contributed by atoms with Crippen LogP contribution in [0.4, 0.5) is 0 Å². The van der Waals surface area contributed by atoms with Gasteiger partial charge in [0.1, 0.15) is 32.7 Å². The van der Waals surface area contributed by atoms with E-state index in [1.165, 1.54) is 6.92 Å². The number of unbranched alkanes of at least 4 members (excludes halogenated alkanes) is 1. The summed E-state index contributed by atoms with van der Waals surface area (Å²) >= 11 is 0. The van der Waals surface area contributed by atoms with Crippen LogP contribution in [0.1, 0.15) is 87.0 Å². The van der Waals surface area contributed by atoms with Gasteiger partial charge in [0.05, 0.1) is 68.2 Å². The molecule has 0 aliphatic heterocycles. The summed E-state index contributed by atoms with van der Waals surface area (Å²) in [5.41, 5.74) is 0.126. The van der Waals surface area contributed by atoms with Crippen molar-refractivity contribution >= 4 is 47.2 Å². The van der Waals surface area contributed by atoms with Crippen molar-refractivity contribution in [3.63, 3.8) is 0 Å². The average Bonchev–Trinajstić information content (AvgIpc) is 3.23. The number of hydrogen-bond donors (Lipinski definition) is 9. The van der Waals surface area contributed by atoms with Crippen molar-refractivity contribution in [3.05, 3.63) is 0 Å². The summed E-state index contributed by atoms with van der Waals surface area (Å²) in [6.45, 7) is 16.2. The van der Waals surface area contributed by atoms with Gasteiger partial charge in [-0.15, -0.1) is 0 Å². The maximum atomic E-state index is 12.5. The topological polar surface area (TPSA) is 298 Å². The summed E-state index contributed by atoms with van der Waals surface area (Å²) in [6, 6.07) is -0.762. The minimum atomic E-state index is -0.762. The van der Waals surface area contributed by atoms with E-state index in [0.29, 0.717) is 109 Å². The maximum Gasteiger partial charge on any atom is 0.246 e. The highest BCUT2D eigenvalue weighted by atomic mass is 16.5. The molecule has 22 heteroatoms. The summed E-state index contributed by atoms with van der Waals surface area (Å²) in [5.74, 6) is -1.63. The zero-order chi connectivity index (χ0) is 47.4. The Morgan fingerprint density at radius 3 is 1.40 bits per heavy atom. The summed E-state index contributed by atoms with van der Waals surface area (Å²) in [6.07, 6.45) is 4.25. The van der Waals surface area contributed by atoms with Crippen molar-refractivity contribution in [3.8, 4) is 0 Å². The predicted molar refractivity (Wildman–Crippen MR) is 235 cm³/mol. The second-order valence-corrected chi connectivity index (χ2v) is 15.9. The van der Waals surface area contributed by atoms with Crippen LogP contribution in [-0.4, -0.2) is 180 Å². The van der Waals surface area contributed by atoms with Gasteiger partial charge in [-0.25, -0.2) is 0 Å². The summed E-state index contributed by atoms with van der Waals surface area (Å²) in [4.78, 5) is 71.1. The fourth-order valence-corrected chi connectivity index (χ4v) is 5.40. The van der Waals surface area contributed by atoms with E-state index < -0.39 is 41.4 Å². The highest BCUT2D eigenvalue weighted by Crippen LogP contribution is 2.15. The highest BCUT2D eigenvalue weighted by Gasteiger charge is 2.24. The molecule has 0 aromatic rings. The second kappa shape index (κ2) is 36.1. The zero-order valence-corrected chi connectivity index (χ0v) is 38.6. The fraction of sp³-hybridized carbons (Fsp3) is 0.805. The monoisotopic (exact) mass is 904 g/mol. The molecule has 0 radical (unpaired) electrons. The molecule has 0 aromatic heterocycles. The number of rotatable bonds is 40. The van der Waals surface area contributed by atoms with E-state index in [9.17, 15) is 39.2 Å². The molecule has 0 heterocycles.